The van der Waals surface area contributed by atoms with E-state index in [9.17, 15) is 10.2 Å². The molecular weight excluding hydrogens is 364 g/mol. The van der Waals surface area contributed by atoms with Gasteiger partial charge in [0, 0.05) is 23.5 Å². The molecule has 18 heavy (non-hydrogen) atoms. The van der Waals surface area contributed by atoms with Crippen LogP contribution in [0.3, 0.4) is 0 Å². The number of aromatic nitrogens is 2. The van der Waals surface area contributed by atoms with E-state index in [-0.39, 0.29) is 0 Å². The molecule has 2 heterocycles. The lowest BCUT2D eigenvalue weighted by atomic mass is 10.0. The van der Waals surface area contributed by atoms with Gasteiger partial charge in [0.05, 0.1) is 0 Å². The maximum absolute atomic E-state index is 10.2. The zero-order valence-corrected chi connectivity index (χ0v) is 12.3. The first-order valence-corrected chi connectivity index (χ1v) is 6.77. The zero-order chi connectivity index (χ0) is 13.1. The molecule has 0 amide bonds. The molecule has 0 aliphatic carbocycles. The number of halogens is 2. The Kier molecular flexibility index (Phi) is 4.45. The van der Waals surface area contributed by atoms with Crippen LogP contribution in [0.25, 0.3) is 0 Å². The van der Waals surface area contributed by atoms with E-state index in [1.165, 1.54) is 0 Å². The van der Waals surface area contributed by atoms with Crippen LogP contribution >= 0.6 is 31.9 Å². The molecule has 2 rings (SSSR count). The van der Waals surface area contributed by atoms with Crippen LogP contribution in [0.2, 0.25) is 0 Å². The van der Waals surface area contributed by atoms with Crippen molar-refractivity contribution in [3.05, 3.63) is 57.0 Å². The molecule has 94 valence electrons. The van der Waals surface area contributed by atoms with Crippen LogP contribution in [-0.2, 0) is 0 Å². The van der Waals surface area contributed by atoms with Crippen LogP contribution in [0, 0.1) is 0 Å². The molecule has 2 aromatic heterocycles. The highest BCUT2D eigenvalue weighted by atomic mass is 79.9. The van der Waals surface area contributed by atoms with Crippen LogP contribution in [0.4, 0.5) is 0 Å². The molecule has 6 heteroatoms. The second-order valence-electron chi connectivity index (χ2n) is 3.66. The molecule has 2 N–H and O–H groups in total. The van der Waals surface area contributed by atoms with Gasteiger partial charge < -0.3 is 10.2 Å². The van der Waals surface area contributed by atoms with Gasteiger partial charge in [0.2, 0.25) is 0 Å². The lowest BCUT2D eigenvalue weighted by Crippen LogP contribution is -2.12. The van der Waals surface area contributed by atoms with Gasteiger partial charge in [-0.1, -0.05) is 12.1 Å². The van der Waals surface area contributed by atoms with Crippen molar-refractivity contribution < 1.29 is 10.2 Å². The SMILES string of the molecule is O[C@@H](c1cccnc1Br)[C@@H](O)c1cccnc1Br. The Bertz CT molecular complexity index is 502. The van der Waals surface area contributed by atoms with Gasteiger partial charge in [-0.05, 0) is 44.0 Å². The van der Waals surface area contributed by atoms with Crippen LogP contribution in [0.1, 0.15) is 23.3 Å². The summed E-state index contributed by atoms with van der Waals surface area (Å²) in [5.41, 5.74) is 1.06. The maximum atomic E-state index is 10.2. The summed E-state index contributed by atoms with van der Waals surface area (Å²) in [5, 5.41) is 20.4. The monoisotopic (exact) mass is 372 g/mol. The highest BCUT2D eigenvalue weighted by molar-refractivity contribution is 9.10. The normalized spacial score (nSPS) is 14.2. The molecule has 0 saturated heterocycles. The molecule has 0 aromatic carbocycles. The van der Waals surface area contributed by atoms with Gasteiger partial charge in [0.15, 0.2) is 0 Å². The number of aliphatic hydroxyl groups excluding tert-OH is 2. The third kappa shape index (κ3) is 2.77. The van der Waals surface area contributed by atoms with Crippen LogP contribution < -0.4 is 0 Å². The summed E-state index contributed by atoms with van der Waals surface area (Å²) < 4.78 is 1.02. The van der Waals surface area contributed by atoms with E-state index in [1.807, 2.05) is 0 Å². The highest BCUT2D eigenvalue weighted by Gasteiger charge is 2.24. The lowest BCUT2D eigenvalue weighted by molar-refractivity contribution is 0.0159. The topological polar surface area (TPSA) is 66.2 Å². The molecule has 0 saturated carbocycles. The van der Waals surface area contributed by atoms with Crippen LogP contribution in [-0.4, -0.2) is 20.2 Å². The van der Waals surface area contributed by atoms with E-state index in [0.29, 0.717) is 20.3 Å². The average molecular weight is 374 g/mol. The molecule has 4 nitrogen and oxygen atoms in total. The van der Waals surface area contributed by atoms with E-state index in [1.54, 1.807) is 36.7 Å². The molecule has 2 atom stereocenters. The molecule has 0 aliphatic rings. The maximum Gasteiger partial charge on any atom is 0.112 e. The molecule has 0 radical (unpaired) electrons. The lowest BCUT2D eigenvalue weighted by Gasteiger charge is -2.19. The standard InChI is InChI=1S/C12H10Br2N2O2/c13-11-7(3-1-5-15-11)9(17)10(18)8-4-2-6-16-12(8)14/h1-6,9-10,17-18H/t9-,10-/m0/s1. The predicted octanol–water partition coefficient (Wildman–Crippen LogP) is 2.77. The summed E-state index contributed by atoms with van der Waals surface area (Å²) in [4.78, 5) is 8.03. The summed E-state index contributed by atoms with van der Waals surface area (Å²) in [5.74, 6) is 0. The van der Waals surface area contributed by atoms with Gasteiger partial charge in [-0.3, -0.25) is 0 Å². The Balaban J connectivity index is 2.33. The number of nitrogens with zero attached hydrogens (tertiary/aromatic N) is 2. The third-order valence-corrected chi connectivity index (χ3v) is 3.84. The van der Waals surface area contributed by atoms with Gasteiger partial charge in [0.1, 0.15) is 21.4 Å². The predicted molar refractivity (Wildman–Crippen MR) is 73.8 cm³/mol. The molecule has 0 bridgehead atoms. The first-order chi connectivity index (χ1) is 8.61. The fourth-order valence-corrected chi connectivity index (χ4v) is 2.55. The average Bonchev–Trinajstić information content (AvgIpc) is 2.38. The van der Waals surface area contributed by atoms with Crippen molar-refractivity contribution >= 4 is 31.9 Å². The smallest absolute Gasteiger partial charge is 0.112 e. The third-order valence-electron chi connectivity index (χ3n) is 2.51. The van der Waals surface area contributed by atoms with Crippen LogP contribution in [0.15, 0.2) is 45.9 Å². The molecular formula is C12H10Br2N2O2. The van der Waals surface area contributed by atoms with E-state index in [2.05, 4.69) is 41.8 Å². The van der Waals surface area contributed by atoms with Crippen molar-refractivity contribution in [3.8, 4) is 0 Å². The summed E-state index contributed by atoms with van der Waals surface area (Å²) in [6, 6.07) is 6.81. The highest BCUT2D eigenvalue weighted by Crippen LogP contribution is 2.34. The van der Waals surface area contributed by atoms with Gasteiger partial charge >= 0.3 is 0 Å². The summed E-state index contributed by atoms with van der Waals surface area (Å²) >= 11 is 6.49. The minimum absolute atomic E-state index is 0.511. The molecule has 2 aromatic rings. The molecule has 0 spiro atoms. The number of hydrogen-bond acceptors (Lipinski definition) is 4. The summed E-state index contributed by atoms with van der Waals surface area (Å²) in [7, 11) is 0. The quantitative estimate of drug-likeness (QED) is 0.812. The van der Waals surface area contributed by atoms with Gasteiger partial charge in [-0.2, -0.15) is 0 Å². The number of aliphatic hydroxyl groups is 2. The van der Waals surface area contributed by atoms with E-state index < -0.39 is 12.2 Å². The molecule has 0 unspecified atom stereocenters. The van der Waals surface area contributed by atoms with E-state index >= 15 is 0 Å². The fourth-order valence-electron chi connectivity index (χ4n) is 1.58. The van der Waals surface area contributed by atoms with Crippen LogP contribution in [0.5, 0.6) is 0 Å². The van der Waals surface area contributed by atoms with Gasteiger partial charge in [-0.25, -0.2) is 9.97 Å². The fraction of sp³-hybridized carbons (Fsp3) is 0.167. The van der Waals surface area contributed by atoms with Crippen molar-refractivity contribution in [1.29, 1.82) is 0 Å². The van der Waals surface area contributed by atoms with Crippen molar-refractivity contribution in [3.63, 3.8) is 0 Å². The van der Waals surface area contributed by atoms with E-state index in [4.69, 9.17) is 0 Å². The number of rotatable bonds is 3. The first-order valence-electron chi connectivity index (χ1n) is 5.18. The Hall–Kier alpha value is -0.820. The minimum Gasteiger partial charge on any atom is -0.385 e. The molecule has 0 aliphatic heterocycles. The molecule has 0 fully saturated rings. The first kappa shape index (κ1) is 13.6. The summed E-state index contributed by atoms with van der Waals surface area (Å²) in [6.45, 7) is 0. The van der Waals surface area contributed by atoms with Crippen molar-refractivity contribution in [2.24, 2.45) is 0 Å². The summed E-state index contributed by atoms with van der Waals surface area (Å²) in [6.07, 6.45) is 1.06. The van der Waals surface area contributed by atoms with Crippen molar-refractivity contribution in [2.45, 2.75) is 12.2 Å². The largest absolute Gasteiger partial charge is 0.385 e. The second-order valence-corrected chi connectivity index (χ2v) is 5.16. The Labute approximate surface area is 121 Å². The second kappa shape index (κ2) is 5.88. The van der Waals surface area contributed by atoms with Crippen molar-refractivity contribution in [2.75, 3.05) is 0 Å². The Morgan fingerprint density at radius 3 is 1.56 bits per heavy atom. The van der Waals surface area contributed by atoms with Gasteiger partial charge in [-0.15, -0.1) is 0 Å². The van der Waals surface area contributed by atoms with E-state index in [0.717, 1.165) is 0 Å². The number of pyridine rings is 2. The zero-order valence-electron chi connectivity index (χ0n) is 9.16. The van der Waals surface area contributed by atoms with Crippen molar-refractivity contribution in [1.82, 2.24) is 9.97 Å². The Morgan fingerprint density at radius 1 is 0.833 bits per heavy atom. The Morgan fingerprint density at radius 2 is 1.22 bits per heavy atom. The van der Waals surface area contributed by atoms with Gasteiger partial charge in [0.25, 0.3) is 0 Å². The minimum atomic E-state index is -1.08. The number of hydrogen-bond donors (Lipinski definition) is 2.